The van der Waals surface area contributed by atoms with Crippen LogP contribution in [0.2, 0.25) is 5.02 Å². The van der Waals surface area contributed by atoms with Crippen LogP contribution in [0.1, 0.15) is 5.56 Å². The summed E-state index contributed by atoms with van der Waals surface area (Å²) in [5, 5.41) is 0.721. The molecule has 4 rings (SSSR count). The molecule has 1 aliphatic rings. The molecule has 4 nitrogen and oxygen atoms in total. The molecule has 1 aliphatic carbocycles. The molecule has 0 radical (unpaired) electrons. The molecule has 2 aromatic heterocycles. The third-order valence-corrected chi connectivity index (χ3v) is 4.56. The molecule has 0 spiro atoms. The Kier molecular flexibility index (Phi) is 10.5. The van der Waals surface area contributed by atoms with Gasteiger partial charge < -0.3 is 20.6 Å². The molecule has 29 heavy (non-hydrogen) atoms. The Balaban J connectivity index is 0.000000272. The lowest BCUT2D eigenvalue weighted by molar-refractivity contribution is 0.992. The molecule has 0 fully saturated rings. The smallest absolute Gasteiger partial charge is 0.163 e. The molecule has 152 valence electrons. The van der Waals surface area contributed by atoms with E-state index in [4.69, 9.17) is 23.1 Å². The predicted molar refractivity (Wildman–Crippen MR) is 127 cm³/mol. The minimum absolute atomic E-state index is 0. The normalized spacial score (nSPS) is 11.7. The first-order valence-electron chi connectivity index (χ1n) is 8.67. The van der Waals surface area contributed by atoms with Crippen LogP contribution in [0, 0.1) is 6.08 Å². The van der Waals surface area contributed by atoms with Crippen molar-refractivity contribution in [2.75, 3.05) is 6.54 Å². The summed E-state index contributed by atoms with van der Waals surface area (Å²) < 4.78 is 4.06. The molecule has 0 atom stereocenters. The van der Waals surface area contributed by atoms with E-state index in [1.54, 1.807) is 0 Å². The Morgan fingerprint density at radius 1 is 0.828 bits per heavy atom. The highest BCUT2D eigenvalue weighted by atomic mass is 35.5. The molecule has 0 saturated carbocycles. The van der Waals surface area contributed by atoms with Gasteiger partial charge in [0.15, 0.2) is 5.70 Å². The zero-order valence-corrected chi connectivity index (χ0v) is 18.1. The minimum Gasteiger partial charge on any atom is -0.326 e. The Morgan fingerprint density at radius 3 is 2.03 bits per heavy atom. The summed E-state index contributed by atoms with van der Waals surface area (Å²) in [6.45, 7) is 0.998. The molecule has 0 saturated heterocycles. The maximum absolute atomic E-state index is 6.05. The Hall–Kier alpha value is -2.30. The topological polar surface area (TPSA) is 61.9 Å². The van der Waals surface area contributed by atoms with Crippen LogP contribution in [0.15, 0.2) is 91.1 Å². The van der Waals surface area contributed by atoms with Crippen molar-refractivity contribution in [2.24, 2.45) is 11.5 Å². The fourth-order valence-electron chi connectivity index (χ4n) is 2.85. The van der Waals surface area contributed by atoms with E-state index >= 15 is 0 Å². The number of hydrogen-bond acceptors (Lipinski definition) is 2. The van der Waals surface area contributed by atoms with Gasteiger partial charge in [-0.25, -0.2) is 0 Å². The summed E-state index contributed by atoms with van der Waals surface area (Å²) >= 11 is 6.05. The maximum atomic E-state index is 6.05. The second-order valence-corrected chi connectivity index (χ2v) is 6.29. The van der Waals surface area contributed by atoms with E-state index in [0.717, 1.165) is 27.5 Å². The number of nitrogens with zero attached hydrogens (tertiary/aromatic N) is 2. The highest BCUT2D eigenvalue weighted by molar-refractivity contribution is 6.31. The zero-order chi connectivity index (χ0) is 19.1. The number of halogens is 3. The average molecular weight is 451 g/mol. The van der Waals surface area contributed by atoms with Crippen LogP contribution in [0.5, 0.6) is 0 Å². The summed E-state index contributed by atoms with van der Waals surface area (Å²) in [5.41, 5.74) is 15.5. The summed E-state index contributed by atoms with van der Waals surface area (Å²) in [4.78, 5) is 0. The highest BCUT2D eigenvalue weighted by Gasteiger charge is 2.12. The van der Waals surface area contributed by atoms with Gasteiger partial charge in [0.1, 0.15) is 17.7 Å². The van der Waals surface area contributed by atoms with E-state index in [-0.39, 0.29) is 24.8 Å². The number of benzene rings is 1. The van der Waals surface area contributed by atoms with Crippen molar-refractivity contribution in [2.45, 2.75) is 6.54 Å². The summed E-state index contributed by atoms with van der Waals surface area (Å²) in [7, 11) is 0. The second kappa shape index (κ2) is 12.3. The van der Waals surface area contributed by atoms with Crippen LogP contribution >= 0.6 is 36.4 Å². The van der Waals surface area contributed by atoms with Gasteiger partial charge in [-0.05, 0) is 36.4 Å². The van der Waals surface area contributed by atoms with Crippen LogP contribution < -0.4 is 11.5 Å². The zero-order valence-electron chi connectivity index (χ0n) is 15.7. The monoisotopic (exact) mass is 449 g/mol. The van der Waals surface area contributed by atoms with E-state index < -0.39 is 0 Å². The fraction of sp³-hybridized carbons (Fsp3) is 0.0909. The van der Waals surface area contributed by atoms with E-state index in [1.165, 1.54) is 0 Å². The quantitative estimate of drug-likeness (QED) is 0.548. The predicted octanol–water partition coefficient (Wildman–Crippen LogP) is 5.02. The van der Waals surface area contributed by atoms with Crippen LogP contribution in [0.25, 0.3) is 11.4 Å². The Labute approximate surface area is 189 Å². The van der Waals surface area contributed by atoms with Crippen molar-refractivity contribution in [1.29, 1.82) is 0 Å². The Morgan fingerprint density at radius 2 is 1.45 bits per heavy atom. The largest absolute Gasteiger partial charge is 0.326 e. The van der Waals surface area contributed by atoms with Crippen molar-refractivity contribution in [1.82, 2.24) is 9.13 Å². The van der Waals surface area contributed by atoms with Crippen LogP contribution in [0.4, 0.5) is 0 Å². The summed E-state index contributed by atoms with van der Waals surface area (Å²) in [6.07, 6.45) is 16.8. The van der Waals surface area contributed by atoms with Crippen LogP contribution in [0.3, 0.4) is 0 Å². The van der Waals surface area contributed by atoms with Gasteiger partial charge in [-0.2, -0.15) is 0 Å². The number of allylic oxidation sites excluding steroid dienone is 4. The van der Waals surface area contributed by atoms with E-state index in [2.05, 4.69) is 10.6 Å². The number of rotatable bonds is 4. The van der Waals surface area contributed by atoms with Gasteiger partial charge in [-0.3, -0.25) is 0 Å². The number of nitrogens with two attached hydrogens (primary N) is 2. The van der Waals surface area contributed by atoms with Crippen molar-refractivity contribution in [3.63, 3.8) is 0 Å². The second-order valence-electron chi connectivity index (χ2n) is 5.88. The third kappa shape index (κ3) is 6.09. The first-order valence-corrected chi connectivity index (χ1v) is 9.05. The first kappa shape index (κ1) is 24.7. The van der Waals surface area contributed by atoms with Gasteiger partial charge in [0.25, 0.3) is 0 Å². The van der Waals surface area contributed by atoms with Crippen molar-refractivity contribution in [3.8, 4) is 5.69 Å². The van der Waals surface area contributed by atoms with E-state index in [1.807, 2.05) is 90.0 Å². The molecule has 0 amide bonds. The van der Waals surface area contributed by atoms with Gasteiger partial charge >= 0.3 is 0 Å². The molecular weight excluding hydrogens is 427 g/mol. The van der Waals surface area contributed by atoms with Gasteiger partial charge in [-0.15, -0.1) is 24.8 Å². The summed E-state index contributed by atoms with van der Waals surface area (Å²) in [5.74, 6) is 0. The lowest BCUT2D eigenvalue weighted by Crippen LogP contribution is -2.07. The molecule has 1 aromatic carbocycles. The van der Waals surface area contributed by atoms with Gasteiger partial charge in [-0.1, -0.05) is 17.7 Å². The minimum atomic E-state index is 0. The van der Waals surface area contributed by atoms with Crippen molar-refractivity contribution >= 4 is 42.1 Å². The fourth-order valence-corrected chi connectivity index (χ4v) is 3.10. The average Bonchev–Trinajstić information content (AvgIpc) is 3.42. The molecule has 0 bridgehead atoms. The first-order chi connectivity index (χ1) is 13.2. The number of hydrogen-bond donors (Lipinski definition) is 2. The molecule has 2 heterocycles. The molecular formula is C22H24Cl3N4+. The molecule has 3 aromatic rings. The van der Waals surface area contributed by atoms with Crippen LogP contribution in [-0.2, 0) is 6.54 Å². The van der Waals surface area contributed by atoms with E-state index in [0.29, 0.717) is 13.1 Å². The van der Waals surface area contributed by atoms with Gasteiger partial charge in [0.2, 0.25) is 0 Å². The Bertz CT molecular complexity index is 956. The van der Waals surface area contributed by atoms with Gasteiger partial charge in [0, 0.05) is 48.0 Å². The molecule has 4 N–H and O–H groups in total. The highest BCUT2D eigenvalue weighted by Crippen LogP contribution is 2.22. The number of aromatic nitrogens is 2. The van der Waals surface area contributed by atoms with Gasteiger partial charge in [0.05, 0.1) is 18.3 Å². The maximum Gasteiger partial charge on any atom is 0.163 e. The molecule has 7 heteroatoms. The van der Waals surface area contributed by atoms with Crippen molar-refractivity contribution in [3.05, 3.63) is 108 Å². The molecule has 0 aliphatic heterocycles. The standard InChI is InChI=1S/C11H11ClN2.C11H11N2.2ClH/c12-10-4-3-5-11(9(10)8-13)14-6-1-2-7-14;12-9-10-5-1-2-6-11(10)13-7-3-4-8-13;;/h1-7H,8,13H2;2-8H,9,12H2;2*1H/q;+1;;. The lowest BCUT2D eigenvalue weighted by Gasteiger charge is -2.10. The summed E-state index contributed by atoms with van der Waals surface area (Å²) in [6, 6.07) is 13.7. The van der Waals surface area contributed by atoms with E-state index in [9.17, 15) is 0 Å². The van der Waals surface area contributed by atoms with Crippen LogP contribution in [-0.4, -0.2) is 15.7 Å². The SMILES string of the molecule is Cl.Cl.NCC1=C(n2cccc2)C=C[C+]=C1.NCc1c(Cl)cccc1-n1cccc1. The third-order valence-electron chi connectivity index (χ3n) is 4.21. The lowest BCUT2D eigenvalue weighted by atomic mass is 10.1. The molecule has 0 unspecified atom stereocenters. The van der Waals surface area contributed by atoms with Crippen molar-refractivity contribution < 1.29 is 0 Å².